The summed E-state index contributed by atoms with van der Waals surface area (Å²) >= 11 is 0. The van der Waals surface area contributed by atoms with E-state index in [-0.39, 0.29) is 0 Å². The van der Waals surface area contributed by atoms with Gasteiger partial charge in [0.1, 0.15) is 0 Å². The number of hydrogen-bond acceptors (Lipinski definition) is 5. The molecule has 0 amide bonds. The summed E-state index contributed by atoms with van der Waals surface area (Å²) < 4.78 is 10.3. The minimum Gasteiger partial charge on any atom is -0.481 e. The van der Waals surface area contributed by atoms with Crippen molar-refractivity contribution < 1.29 is 9.47 Å². The van der Waals surface area contributed by atoms with Crippen LogP contribution >= 0.6 is 0 Å². The molecule has 0 N–H and O–H groups in total. The minimum atomic E-state index is 0.395. The second kappa shape index (κ2) is 3.06. The smallest absolute Gasteiger partial charge is 0.228 e. The molecule has 5 nitrogen and oxygen atoms in total. The van der Waals surface area contributed by atoms with Gasteiger partial charge in [0.25, 0.3) is 0 Å². The molecule has 0 radical (unpaired) electrons. The van der Waals surface area contributed by atoms with Gasteiger partial charge in [-0.15, -0.1) is 0 Å². The Bertz CT molecular complexity index is 371. The summed E-state index contributed by atoms with van der Waals surface area (Å²) in [7, 11) is 1.61. The fraction of sp³-hybridized carbons (Fsp3) is 0.600. The maximum Gasteiger partial charge on any atom is 0.228 e. The highest BCUT2D eigenvalue weighted by Gasteiger charge is 2.49. The lowest BCUT2D eigenvalue weighted by atomic mass is 9.78. The summed E-state index contributed by atoms with van der Waals surface area (Å²) in [5.41, 5.74) is 0.395. The molecular weight excluding hydrogens is 194 g/mol. The number of nitrogens with zero attached hydrogens (tertiary/aromatic N) is 3. The molecule has 2 aliphatic rings. The number of ether oxygens (including phenoxy) is 2. The van der Waals surface area contributed by atoms with E-state index in [1.54, 1.807) is 19.4 Å². The van der Waals surface area contributed by atoms with Gasteiger partial charge in [-0.2, -0.15) is 4.98 Å². The molecule has 3 rings (SSSR count). The first-order valence-electron chi connectivity index (χ1n) is 5.01. The SMILES string of the molecule is COc1ccnc(N2CC3(COC3)C2)n1. The molecule has 2 fully saturated rings. The first kappa shape index (κ1) is 8.91. The van der Waals surface area contributed by atoms with E-state index in [1.807, 2.05) is 0 Å². The molecule has 0 atom stereocenters. The van der Waals surface area contributed by atoms with Crippen molar-refractivity contribution in [1.29, 1.82) is 0 Å². The third-order valence-corrected chi connectivity index (χ3v) is 2.98. The van der Waals surface area contributed by atoms with Gasteiger partial charge in [0.15, 0.2) is 0 Å². The van der Waals surface area contributed by atoms with E-state index in [0.717, 1.165) is 32.3 Å². The molecule has 15 heavy (non-hydrogen) atoms. The fourth-order valence-corrected chi connectivity index (χ4v) is 2.08. The zero-order valence-electron chi connectivity index (χ0n) is 8.64. The monoisotopic (exact) mass is 207 g/mol. The van der Waals surface area contributed by atoms with Crippen LogP contribution in [-0.2, 0) is 4.74 Å². The van der Waals surface area contributed by atoms with Crippen molar-refractivity contribution in [1.82, 2.24) is 9.97 Å². The van der Waals surface area contributed by atoms with E-state index in [2.05, 4.69) is 14.9 Å². The molecular formula is C10H13N3O2. The van der Waals surface area contributed by atoms with E-state index < -0.39 is 0 Å². The highest BCUT2D eigenvalue weighted by Crippen LogP contribution is 2.39. The number of hydrogen-bond donors (Lipinski definition) is 0. The molecule has 0 unspecified atom stereocenters. The first-order chi connectivity index (χ1) is 7.31. The highest BCUT2D eigenvalue weighted by molar-refractivity contribution is 5.38. The van der Waals surface area contributed by atoms with Crippen molar-refractivity contribution in [3.8, 4) is 5.88 Å². The Morgan fingerprint density at radius 3 is 2.87 bits per heavy atom. The van der Waals surface area contributed by atoms with E-state index >= 15 is 0 Å². The first-order valence-corrected chi connectivity index (χ1v) is 5.01. The molecule has 1 aromatic heterocycles. The summed E-state index contributed by atoms with van der Waals surface area (Å²) in [5.74, 6) is 1.37. The number of aromatic nitrogens is 2. The van der Waals surface area contributed by atoms with E-state index in [4.69, 9.17) is 9.47 Å². The molecule has 0 aliphatic carbocycles. The molecule has 0 aromatic carbocycles. The Morgan fingerprint density at radius 1 is 1.47 bits per heavy atom. The maximum absolute atomic E-state index is 5.22. The van der Waals surface area contributed by atoms with Crippen molar-refractivity contribution in [3.05, 3.63) is 12.3 Å². The maximum atomic E-state index is 5.22. The van der Waals surface area contributed by atoms with Crippen LogP contribution in [0.1, 0.15) is 0 Å². The molecule has 3 heterocycles. The summed E-state index contributed by atoms with van der Waals surface area (Å²) in [6.45, 7) is 3.77. The lowest BCUT2D eigenvalue weighted by Gasteiger charge is -2.54. The van der Waals surface area contributed by atoms with Crippen molar-refractivity contribution in [2.24, 2.45) is 5.41 Å². The summed E-state index contributed by atoms with van der Waals surface area (Å²) in [6, 6.07) is 1.76. The predicted molar refractivity (Wildman–Crippen MR) is 54.0 cm³/mol. The minimum absolute atomic E-state index is 0.395. The lowest BCUT2D eigenvalue weighted by molar-refractivity contribution is -0.127. The number of methoxy groups -OCH3 is 1. The third kappa shape index (κ3) is 1.34. The van der Waals surface area contributed by atoms with Gasteiger partial charge in [-0.05, 0) is 0 Å². The van der Waals surface area contributed by atoms with Crippen molar-refractivity contribution in [2.45, 2.75) is 0 Å². The standard InChI is InChI=1S/C10H13N3O2/c1-14-8-2-3-11-9(12-8)13-4-10(5-13)6-15-7-10/h2-3H,4-7H2,1H3. The molecule has 2 saturated heterocycles. The Morgan fingerprint density at radius 2 is 2.27 bits per heavy atom. The van der Waals surface area contributed by atoms with Gasteiger partial charge < -0.3 is 14.4 Å². The predicted octanol–water partition coefficient (Wildman–Crippen LogP) is 0.322. The van der Waals surface area contributed by atoms with E-state index in [9.17, 15) is 0 Å². The van der Waals surface area contributed by atoms with Gasteiger partial charge >= 0.3 is 0 Å². The van der Waals surface area contributed by atoms with Crippen LogP contribution in [0, 0.1) is 5.41 Å². The van der Waals surface area contributed by atoms with Crippen molar-refractivity contribution >= 4 is 5.95 Å². The molecule has 1 spiro atoms. The van der Waals surface area contributed by atoms with Crippen LogP contribution in [0.15, 0.2) is 12.3 Å². The molecule has 80 valence electrons. The van der Waals surface area contributed by atoms with Crippen LogP contribution < -0.4 is 9.64 Å². The largest absolute Gasteiger partial charge is 0.481 e. The van der Waals surface area contributed by atoms with Gasteiger partial charge in [0.05, 0.1) is 25.7 Å². The molecule has 5 heteroatoms. The van der Waals surface area contributed by atoms with Crippen LogP contribution in [-0.4, -0.2) is 43.4 Å². The molecule has 2 aliphatic heterocycles. The van der Waals surface area contributed by atoms with Crippen LogP contribution in [0.4, 0.5) is 5.95 Å². The van der Waals surface area contributed by atoms with Crippen LogP contribution in [0.2, 0.25) is 0 Å². The van der Waals surface area contributed by atoms with Gasteiger partial charge in [-0.25, -0.2) is 4.98 Å². The van der Waals surface area contributed by atoms with Gasteiger partial charge in [-0.3, -0.25) is 0 Å². The zero-order chi connectivity index (χ0) is 10.3. The van der Waals surface area contributed by atoms with Gasteiger partial charge in [0, 0.05) is 25.4 Å². The van der Waals surface area contributed by atoms with Crippen LogP contribution in [0.5, 0.6) is 5.88 Å². The molecule has 0 saturated carbocycles. The molecule has 0 bridgehead atoms. The average molecular weight is 207 g/mol. The quantitative estimate of drug-likeness (QED) is 0.699. The summed E-state index contributed by atoms with van der Waals surface area (Å²) in [6.07, 6.45) is 1.73. The van der Waals surface area contributed by atoms with E-state index in [1.165, 1.54) is 0 Å². The molecule has 1 aromatic rings. The Kier molecular flexibility index (Phi) is 1.82. The number of anilines is 1. The highest BCUT2D eigenvalue weighted by atomic mass is 16.5. The van der Waals surface area contributed by atoms with Crippen molar-refractivity contribution in [2.75, 3.05) is 38.3 Å². The topological polar surface area (TPSA) is 47.5 Å². The average Bonchev–Trinajstić information content (AvgIpc) is 2.14. The lowest BCUT2D eigenvalue weighted by Crippen LogP contribution is -2.66. The van der Waals surface area contributed by atoms with E-state index in [0.29, 0.717) is 11.3 Å². The zero-order valence-corrected chi connectivity index (χ0v) is 8.64. The van der Waals surface area contributed by atoms with Crippen molar-refractivity contribution in [3.63, 3.8) is 0 Å². The Hall–Kier alpha value is -1.36. The normalized spacial score (nSPS) is 22.1. The number of rotatable bonds is 2. The van der Waals surface area contributed by atoms with Crippen LogP contribution in [0.25, 0.3) is 0 Å². The fourth-order valence-electron chi connectivity index (χ4n) is 2.08. The second-order valence-corrected chi connectivity index (χ2v) is 4.25. The van der Waals surface area contributed by atoms with Gasteiger partial charge in [0.2, 0.25) is 11.8 Å². The Balaban J connectivity index is 1.72. The van der Waals surface area contributed by atoms with Gasteiger partial charge in [-0.1, -0.05) is 0 Å². The Labute approximate surface area is 88.0 Å². The summed E-state index contributed by atoms with van der Waals surface area (Å²) in [4.78, 5) is 10.7. The summed E-state index contributed by atoms with van der Waals surface area (Å²) in [5, 5.41) is 0. The van der Waals surface area contributed by atoms with Crippen LogP contribution in [0.3, 0.4) is 0 Å². The third-order valence-electron chi connectivity index (χ3n) is 2.98. The second-order valence-electron chi connectivity index (χ2n) is 4.25.